The second kappa shape index (κ2) is 8.75. The predicted molar refractivity (Wildman–Crippen MR) is 91.9 cm³/mol. The molecule has 0 radical (unpaired) electrons. The van der Waals surface area contributed by atoms with Crippen molar-refractivity contribution < 1.29 is 9.59 Å². The fraction of sp³-hybridized carbons (Fsp3) is 0.882. The molecule has 0 bridgehead atoms. The van der Waals surface area contributed by atoms with Gasteiger partial charge in [0.05, 0.1) is 11.5 Å². The molecule has 5 nitrogen and oxygen atoms in total. The van der Waals surface area contributed by atoms with E-state index in [-0.39, 0.29) is 17.6 Å². The van der Waals surface area contributed by atoms with E-state index in [1.165, 1.54) is 0 Å². The van der Waals surface area contributed by atoms with Crippen LogP contribution in [0.4, 0.5) is 0 Å². The normalized spacial score (nSPS) is 16.4. The highest BCUT2D eigenvalue weighted by Crippen LogP contribution is 2.36. The number of hydrogen-bond donors (Lipinski definition) is 3. The first-order valence-electron chi connectivity index (χ1n) is 8.29. The molecule has 0 fully saturated rings. The first-order chi connectivity index (χ1) is 10.1. The molecule has 3 N–H and O–H groups in total. The fourth-order valence-electron chi connectivity index (χ4n) is 2.77. The van der Waals surface area contributed by atoms with Gasteiger partial charge in [-0.05, 0) is 60.2 Å². The summed E-state index contributed by atoms with van der Waals surface area (Å²) in [5.41, 5.74) is -1.87. The molecule has 0 aliphatic rings. The zero-order chi connectivity index (χ0) is 17.6. The van der Waals surface area contributed by atoms with E-state index < -0.39 is 11.1 Å². The number of rotatable bonds is 11. The van der Waals surface area contributed by atoms with Crippen molar-refractivity contribution in [3.63, 3.8) is 0 Å². The average Bonchev–Trinajstić information content (AvgIpc) is 2.53. The van der Waals surface area contributed by atoms with Crippen LogP contribution in [0.3, 0.4) is 0 Å². The minimum Gasteiger partial charge on any atom is -0.311 e. The third kappa shape index (κ3) is 4.37. The lowest BCUT2D eigenvalue weighted by Crippen LogP contribution is -2.65. The Bertz CT molecular complexity index is 378. The molecule has 0 aromatic heterocycles. The predicted octanol–water partition coefficient (Wildman–Crippen LogP) is 1.72. The maximum Gasteiger partial charge on any atom is 0.180 e. The Morgan fingerprint density at radius 2 is 1.55 bits per heavy atom. The SMILES string of the molecule is CCC(CCC(C)C)(C(=O)C(C)NC)C(=O)C(C)(NC)NC. The van der Waals surface area contributed by atoms with Crippen molar-refractivity contribution in [2.45, 2.75) is 65.6 Å². The van der Waals surface area contributed by atoms with Crippen molar-refractivity contribution >= 4 is 11.6 Å². The van der Waals surface area contributed by atoms with Crippen molar-refractivity contribution in [2.75, 3.05) is 21.1 Å². The van der Waals surface area contributed by atoms with E-state index in [1.54, 1.807) is 28.1 Å². The molecule has 2 unspecified atom stereocenters. The van der Waals surface area contributed by atoms with E-state index in [4.69, 9.17) is 0 Å². The molecule has 0 aromatic rings. The molecule has 2 atom stereocenters. The summed E-state index contributed by atoms with van der Waals surface area (Å²) in [5, 5.41) is 9.06. The van der Waals surface area contributed by atoms with Crippen LogP contribution in [-0.2, 0) is 9.59 Å². The maximum absolute atomic E-state index is 13.3. The molecule has 0 rings (SSSR count). The second-order valence-electron chi connectivity index (χ2n) is 6.70. The summed E-state index contributed by atoms with van der Waals surface area (Å²) < 4.78 is 0. The highest BCUT2D eigenvalue weighted by atomic mass is 16.2. The molecule has 0 aliphatic carbocycles. The minimum absolute atomic E-state index is 0.0140. The largest absolute Gasteiger partial charge is 0.311 e. The van der Waals surface area contributed by atoms with E-state index in [9.17, 15) is 9.59 Å². The quantitative estimate of drug-likeness (QED) is 0.400. The van der Waals surface area contributed by atoms with E-state index in [1.807, 2.05) is 13.8 Å². The summed E-state index contributed by atoms with van der Waals surface area (Å²) in [5.74, 6) is 0.368. The van der Waals surface area contributed by atoms with E-state index in [2.05, 4.69) is 29.8 Å². The van der Waals surface area contributed by atoms with Crippen LogP contribution in [0.25, 0.3) is 0 Å². The van der Waals surface area contributed by atoms with Gasteiger partial charge in [0.15, 0.2) is 11.6 Å². The number of carbonyl (C=O) groups excluding carboxylic acids is 2. The van der Waals surface area contributed by atoms with E-state index in [0.29, 0.717) is 18.8 Å². The van der Waals surface area contributed by atoms with Gasteiger partial charge in [-0.3, -0.25) is 20.2 Å². The summed E-state index contributed by atoms with van der Waals surface area (Å²) in [6, 6.07) is -0.339. The van der Waals surface area contributed by atoms with Gasteiger partial charge in [-0.15, -0.1) is 0 Å². The molecule has 0 heterocycles. The lowest BCUT2D eigenvalue weighted by molar-refractivity contribution is -0.147. The number of nitrogens with one attached hydrogen (secondary N) is 3. The Hall–Kier alpha value is -0.780. The van der Waals surface area contributed by atoms with Crippen molar-refractivity contribution in [3.05, 3.63) is 0 Å². The average molecular weight is 313 g/mol. The number of likely N-dealkylation sites (N-methyl/N-ethyl adjacent to an activating group) is 3. The van der Waals surface area contributed by atoms with Crippen molar-refractivity contribution in [2.24, 2.45) is 11.3 Å². The summed E-state index contributed by atoms with van der Waals surface area (Å²) in [7, 11) is 5.23. The number of Topliss-reactive ketones (excluding diaryl/α,β-unsaturated/α-hetero) is 2. The smallest absolute Gasteiger partial charge is 0.180 e. The number of ketones is 2. The van der Waals surface area contributed by atoms with Crippen molar-refractivity contribution in [1.29, 1.82) is 0 Å². The molecule has 22 heavy (non-hydrogen) atoms. The molecule has 130 valence electrons. The van der Waals surface area contributed by atoms with Crippen LogP contribution in [0, 0.1) is 11.3 Å². The molecular formula is C17H35N3O2. The van der Waals surface area contributed by atoms with Crippen molar-refractivity contribution in [3.8, 4) is 0 Å². The third-order valence-electron chi connectivity index (χ3n) is 4.94. The second-order valence-corrected chi connectivity index (χ2v) is 6.70. The molecule has 0 aliphatic heterocycles. The number of carbonyl (C=O) groups is 2. The lowest BCUT2D eigenvalue weighted by Gasteiger charge is -2.40. The Morgan fingerprint density at radius 3 is 1.86 bits per heavy atom. The molecule has 0 spiro atoms. The Morgan fingerprint density at radius 1 is 1.05 bits per heavy atom. The Kier molecular flexibility index (Phi) is 8.44. The standard InChI is InChI=1S/C17H35N3O2/c1-9-17(11-10-12(2)3,14(21)13(4)18-6)15(22)16(5,19-7)20-8/h12-13,18-20H,9-11H2,1-8H3. The van der Waals surface area contributed by atoms with E-state index >= 15 is 0 Å². The maximum atomic E-state index is 13.3. The summed E-state index contributed by atoms with van der Waals surface area (Å²) in [4.78, 5) is 26.3. The van der Waals surface area contributed by atoms with Gasteiger partial charge in [-0.25, -0.2) is 0 Å². The fourth-order valence-corrected chi connectivity index (χ4v) is 2.77. The van der Waals surface area contributed by atoms with Gasteiger partial charge in [0.25, 0.3) is 0 Å². The van der Waals surface area contributed by atoms with E-state index in [0.717, 1.165) is 6.42 Å². The highest BCUT2D eigenvalue weighted by molar-refractivity contribution is 6.12. The van der Waals surface area contributed by atoms with Crippen LogP contribution in [-0.4, -0.2) is 44.4 Å². The van der Waals surface area contributed by atoms with Crippen LogP contribution in [0.1, 0.15) is 53.9 Å². The topological polar surface area (TPSA) is 70.2 Å². The monoisotopic (exact) mass is 313 g/mol. The van der Waals surface area contributed by atoms with Gasteiger partial charge in [-0.1, -0.05) is 20.8 Å². The molecular weight excluding hydrogens is 278 g/mol. The van der Waals surface area contributed by atoms with Crippen molar-refractivity contribution in [1.82, 2.24) is 16.0 Å². The van der Waals surface area contributed by atoms with Gasteiger partial charge in [-0.2, -0.15) is 0 Å². The highest BCUT2D eigenvalue weighted by Gasteiger charge is 2.51. The van der Waals surface area contributed by atoms with Gasteiger partial charge < -0.3 is 5.32 Å². The Labute approximate surface area is 136 Å². The van der Waals surface area contributed by atoms with Crippen LogP contribution in [0.15, 0.2) is 0 Å². The van der Waals surface area contributed by atoms with Gasteiger partial charge in [0.2, 0.25) is 0 Å². The lowest BCUT2D eigenvalue weighted by atomic mass is 9.67. The molecule has 0 saturated heterocycles. The molecule has 5 heteroatoms. The third-order valence-corrected chi connectivity index (χ3v) is 4.94. The number of hydrogen-bond acceptors (Lipinski definition) is 5. The molecule has 0 saturated carbocycles. The van der Waals surface area contributed by atoms with Crippen LogP contribution in [0.5, 0.6) is 0 Å². The van der Waals surface area contributed by atoms with Crippen LogP contribution in [0.2, 0.25) is 0 Å². The van der Waals surface area contributed by atoms with Gasteiger partial charge >= 0.3 is 0 Å². The Balaban J connectivity index is 5.84. The van der Waals surface area contributed by atoms with Gasteiger partial charge in [0.1, 0.15) is 5.66 Å². The zero-order valence-corrected chi connectivity index (χ0v) is 15.6. The van der Waals surface area contributed by atoms with Crippen LogP contribution >= 0.6 is 0 Å². The first-order valence-corrected chi connectivity index (χ1v) is 8.29. The minimum atomic E-state index is -0.965. The summed E-state index contributed by atoms with van der Waals surface area (Å²) in [6.45, 7) is 9.79. The molecule has 0 amide bonds. The summed E-state index contributed by atoms with van der Waals surface area (Å²) in [6.07, 6.45) is 1.96. The molecule has 0 aromatic carbocycles. The zero-order valence-electron chi connectivity index (χ0n) is 15.6. The van der Waals surface area contributed by atoms with Gasteiger partial charge in [0, 0.05) is 0 Å². The summed E-state index contributed by atoms with van der Waals surface area (Å²) >= 11 is 0. The van der Waals surface area contributed by atoms with Crippen LogP contribution < -0.4 is 16.0 Å². The first kappa shape index (κ1) is 21.2.